The SMILES string of the molecule is O=C(c1cc(Br)c(Br)s1)N1CCC[C@H]1c1cccs1. The van der Waals surface area contributed by atoms with E-state index in [1.807, 2.05) is 11.0 Å². The Labute approximate surface area is 136 Å². The van der Waals surface area contributed by atoms with E-state index in [0.29, 0.717) is 0 Å². The lowest BCUT2D eigenvalue weighted by Crippen LogP contribution is -2.29. The first-order chi connectivity index (χ1) is 9.16. The van der Waals surface area contributed by atoms with Crippen molar-refractivity contribution >= 4 is 60.4 Å². The van der Waals surface area contributed by atoms with Crippen LogP contribution in [0.2, 0.25) is 0 Å². The highest BCUT2D eigenvalue weighted by atomic mass is 79.9. The first-order valence-electron chi connectivity index (χ1n) is 5.96. The molecule has 0 N–H and O–H groups in total. The van der Waals surface area contributed by atoms with Crippen molar-refractivity contribution in [3.63, 3.8) is 0 Å². The van der Waals surface area contributed by atoms with Gasteiger partial charge < -0.3 is 4.90 Å². The summed E-state index contributed by atoms with van der Waals surface area (Å²) in [5.74, 6) is 0.146. The van der Waals surface area contributed by atoms with Gasteiger partial charge in [0.15, 0.2) is 0 Å². The molecule has 19 heavy (non-hydrogen) atoms. The maximum Gasteiger partial charge on any atom is 0.264 e. The fourth-order valence-electron chi connectivity index (χ4n) is 2.38. The van der Waals surface area contributed by atoms with Gasteiger partial charge >= 0.3 is 0 Å². The number of carbonyl (C=O) groups excluding carboxylic acids is 1. The highest BCUT2D eigenvalue weighted by molar-refractivity contribution is 9.13. The van der Waals surface area contributed by atoms with Crippen molar-refractivity contribution in [3.8, 4) is 0 Å². The van der Waals surface area contributed by atoms with Gasteiger partial charge in [0.05, 0.1) is 14.7 Å². The summed E-state index contributed by atoms with van der Waals surface area (Å²) in [6.07, 6.45) is 2.15. The molecule has 2 aromatic rings. The van der Waals surface area contributed by atoms with Crippen LogP contribution in [0.3, 0.4) is 0 Å². The topological polar surface area (TPSA) is 20.3 Å². The van der Waals surface area contributed by atoms with Crippen LogP contribution in [-0.2, 0) is 0 Å². The average Bonchev–Trinajstić information content (AvgIpc) is 3.09. The zero-order valence-corrected chi connectivity index (χ0v) is 14.7. The molecule has 3 heterocycles. The van der Waals surface area contributed by atoms with Gasteiger partial charge in [-0.25, -0.2) is 0 Å². The Hall–Kier alpha value is -0.170. The van der Waals surface area contributed by atoms with Gasteiger partial charge in [-0.3, -0.25) is 4.79 Å². The van der Waals surface area contributed by atoms with Crippen LogP contribution in [0, 0.1) is 0 Å². The Morgan fingerprint density at radius 1 is 1.42 bits per heavy atom. The molecule has 1 fully saturated rings. The van der Waals surface area contributed by atoms with Gasteiger partial charge in [0.2, 0.25) is 0 Å². The maximum absolute atomic E-state index is 12.6. The Balaban J connectivity index is 1.86. The Kier molecular flexibility index (Phi) is 4.12. The van der Waals surface area contributed by atoms with Gasteiger partial charge in [-0.2, -0.15) is 0 Å². The number of nitrogens with zero attached hydrogens (tertiary/aromatic N) is 1. The van der Waals surface area contributed by atoms with Crippen LogP contribution in [0.4, 0.5) is 0 Å². The van der Waals surface area contributed by atoms with E-state index in [0.717, 1.165) is 32.5 Å². The molecule has 0 spiro atoms. The Morgan fingerprint density at radius 2 is 2.26 bits per heavy atom. The normalized spacial score (nSPS) is 19.1. The van der Waals surface area contributed by atoms with Crippen LogP contribution in [0.25, 0.3) is 0 Å². The second-order valence-corrected chi connectivity index (χ2v) is 8.61. The number of carbonyl (C=O) groups is 1. The highest BCUT2D eigenvalue weighted by Gasteiger charge is 2.32. The van der Waals surface area contributed by atoms with E-state index >= 15 is 0 Å². The minimum Gasteiger partial charge on any atom is -0.330 e. The van der Waals surface area contributed by atoms with Crippen LogP contribution in [0.1, 0.15) is 33.4 Å². The van der Waals surface area contributed by atoms with Gasteiger partial charge in [-0.1, -0.05) is 6.07 Å². The molecular formula is C13H11Br2NOS2. The molecule has 2 aromatic heterocycles. The summed E-state index contributed by atoms with van der Waals surface area (Å²) in [4.78, 5) is 16.7. The molecule has 100 valence electrons. The molecule has 0 aromatic carbocycles. The summed E-state index contributed by atoms with van der Waals surface area (Å²) < 4.78 is 1.93. The number of amides is 1. The molecule has 1 aliphatic rings. The van der Waals surface area contributed by atoms with Gasteiger partial charge in [0.25, 0.3) is 5.91 Å². The van der Waals surface area contributed by atoms with E-state index in [2.05, 4.69) is 49.4 Å². The van der Waals surface area contributed by atoms with Gasteiger partial charge in [-0.05, 0) is 62.2 Å². The summed E-state index contributed by atoms with van der Waals surface area (Å²) in [7, 11) is 0. The summed E-state index contributed by atoms with van der Waals surface area (Å²) in [5.41, 5.74) is 0. The number of hydrogen-bond acceptors (Lipinski definition) is 3. The average molecular weight is 421 g/mol. The summed E-state index contributed by atoms with van der Waals surface area (Å²) in [5, 5.41) is 2.08. The van der Waals surface area contributed by atoms with E-state index < -0.39 is 0 Å². The molecule has 0 aliphatic carbocycles. The second-order valence-electron chi connectivity index (χ2n) is 4.40. The number of hydrogen-bond donors (Lipinski definition) is 0. The van der Waals surface area contributed by atoms with Crippen molar-refractivity contribution in [2.45, 2.75) is 18.9 Å². The monoisotopic (exact) mass is 419 g/mol. The molecule has 1 saturated heterocycles. The van der Waals surface area contributed by atoms with E-state index in [9.17, 15) is 4.79 Å². The number of thiophene rings is 2. The molecule has 1 amide bonds. The maximum atomic E-state index is 12.6. The molecule has 0 saturated carbocycles. The molecule has 3 rings (SSSR count). The molecule has 1 aliphatic heterocycles. The van der Waals surface area contributed by atoms with Crippen molar-refractivity contribution in [3.05, 3.63) is 41.6 Å². The molecule has 0 radical (unpaired) electrons. The van der Waals surface area contributed by atoms with Crippen molar-refractivity contribution in [1.82, 2.24) is 4.90 Å². The number of likely N-dealkylation sites (tertiary alicyclic amines) is 1. The minimum absolute atomic E-state index is 0.146. The summed E-state index contributed by atoms with van der Waals surface area (Å²) in [6.45, 7) is 0.856. The standard InChI is InChI=1S/C13H11Br2NOS2/c14-8-7-11(19-12(8)15)13(17)16-5-1-3-9(16)10-4-2-6-18-10/h2,4,6-7,9H,1,3,5H2/t9-/m0/s1. The van der Waals surface area contributed by atoms with E-state index in [4.69, 9.17) is 0 Å². The number of rotatable bonds is 2. The fourth-order valence-corrected chi connectivity index (χ4v) is 5.25. The zero-order chi connectivity index (χ0) is 13.4. The quantitative estimate of drug-likeness (QED) is 0.644. The van der Waals surface area contributed by atoms with Crippen LogP contribution in [0.5, 0.6) is 0 Å². The summed E-state index contributed by atoms with van der Waals surface area (Å²) >= 11 is 10.1. The fraction of sp³-hybridized carbons (Fsp3) is 0.308. The van der Waals surface area contributed by atoms with Crippen molar-refractivity contribution < 1.29 is 4.79 Å². The lowest BCUT2D eigenvalue weighted by atomic mass is 10.2. The van der Waals surface area contributed by atoms with Crippen LogP contribution in [0.15, 0.2) is 31.8 Å². The van der Waals surface area contributed by atoms with Crippen LogP contribution >= 0.6 is 54.5 Å². The third kappa shape index (κ3) is 2.68. The highest BCUT2D eigenvalue weighted by Crippen LogP contribution is 2.38. The molecular weight excluding hydrogens is 410 g/mol. The van der Waals surface area contributed by atoms with Crippen LogP contribution in [-0.4, -0.2) is 17.4 Å². The third-order valence-corrected chi connectivity index (χ3v) is 7.46. The van der Waals surface area contributed by atoms with Crippen molar-refractivity contribution in [2.24, 2.45) is 0 Å². The molecule has 1 atom stereocenters. The largest absolute Gasteiger partial charge is 0.330 e. The van der Waals surface area contributed by atoms with Crippen LogP contribution < -0.4 is 0 Å². The minimum atomic E-state index is 0.146. The van der Waals surface area contributed by atoms with Gasteiger partial charge in [0, 0.05) is 15.9 Å². The van der Waals surface area contributed by atoms with E-state index in [-0.39, 0.29) is 11.9 Å². The third-order valence-electron chi connectivity index (χ3n) is 3.24. The molecule has 2 nitrogen and oxygen atoms in total. The predicted molar refractivity (Wildman–Crippen MR) is 87.0 cm³/mol. The first-order valence-corrected chi connectivity index (χ1v) is 9.24. The zero-order valence-electron chi connectivity index (χ0n) is 9.94. The number of halogens is 2. The van der Waals surface area contributed by atoms with Crippen molar-refractivity contribution in [1.29, 1.82) is 0 Å². The predicted octanol–water partition coefficient (Wildman–Crippen LogP) is 5.31. The first kappa shape index (κ1) is 13.8. The lowest BCUT2D eigenvalue weighted by Gasteiger charge is -2.23. The summed E-state index contributed by atoms with van der Waals surface area (Å²) in [6, 6.07) is 6.34. The Bertz CT molecular complexity index is 574. The van der Waals surface area contributed by atoms with E-state index in [1.165, 1.54) is 16.2 Å². The van der Waals surface area contributed by atoms with E-state index in [1.54, 1.807) is 11.3 Å². The van der Waals surface area contributed by atoms with Crippen molar-refractivity contribution in [2.75, 3.05) is 6.54 Å². The van der Waals surface area contributed by atoms with Gasteiger partial charge in [-0.15, -0.1) is 22.7 Å². The Morgan fingerprint density at radius 3 is 2.89 bits per heavy atom. The lowest BCUT2D eigenvalue weighted by molar-refractivity contribution is 0.0743. The smallest absolute Gasteiger partial charge is 0.264 e. The van der Waals surface area contributed by atoms with Gasteiger partial charge in [0.1, 0.15) is 0 Å². The molecule has 0 bridgehead atoms. The molecule has 0 unspecified atom stereocenters. The second kappa shape index (κ2) is 5.68. The molecule has 6 heteroatoms.